The number of nitrogens with zero attached hydrogens (tertiary/aromatic N) is 4. The summed E-state index contributed by atoms with van der Waals surface area (Å²) in [5, 5.41) is 3.26. The van der Waals surface area contributed by atoms with Gasteiger partial charge in [0, 0.05) is 48.9 Å². The lowest BCUT2D eigenvalue weighted by atomic mass is 9.83. The molecule has 7 nitrogen and oxygen atoms in total. The van der Waals surface area contributed by atoms with Crippen LogP contribution < -0.4 is 5.32 Å². The van der Waals surface area contributed by atoms with Crippen LogP contribution in [0.4, 0.5) is 11.6 Å². The van der Waals surface area contributed by atoms with E-state index in [9.17, 15) is 4.79 Å². The first-order chi connectivity index (χ1) is 16.0. The molecule has 2 aliphatic heterocycles. The molecule has 0 radical (unpaired) electrons. The minimum Gasteiger partial charge on any atom is -0.383 e. The lowest BCUT2D eigenvalue weighted by Crippen LogP contribution is -2.52. The number of amides is 1. The van der Waals surface area contributed by atoms with E-state index in [2.05, 4.69) is 20.2 Å². The van der Waals surface area contributed by atoms with Gasteiger partial charge in [-0.2, -0.15) is 0 Å². The number of hydrogen-bond donors (Lipinski definition) is 1. The SMILES string of the molecule is COCCN(C[C@@H]1CCCN2CCCC[C@H]12)C(=O)c1cccc(Nc2nc(C)cc(C)n2)c1. The average molecular weight is 452 g/mol. The summed E-state index contributed by atoms with van der Waals surface area (Å²) in [6.45, 7) is 8.26. The van der Waals surface area contributed by atoms with E-state index in [0.29, 0.717) is 36.6 Å². The van der Waals surface area contributed by atoms with Gasteiger partial charge in [-0.25, -0.2) is 9.97 Å². The van der Waals surface area contributed by atoms with Crippen molar-refractivity contribution in [3.8, 4) is 0 Å². The van der Waals surface area contributed by atoms with Crippen LogP contribution in [0.3, 0.4) is 0 Å². The summed E-state index contributed by atoms with van der Waals surface area (Å²) in [5.41, 5.74) is 3.31. The van der Waals surface area contributed by atoms with Crippen LogP contribution in [0.5, 0.6) is 0 Å². The summed E-state index contributed by atoms with van der Waals surface area (Å²) in [6.07, 6.45) is 6.29. The number of anilines is 2. The number of nitrogens with one attached hydrogen (secondary N) is 1. The molecule has 0 saturated carbocycles. The Kier molecular flexibility index (Phi) is 7.93. The monoisotopic (exact) mass is 451 g/mol. The summed E-state index contributed by atoms with van der Waals surface area (Å²) in [5.74, 6) is 1.14. The third-order valence-corrected chi connectivity index (χ3v) is 6.88. The van der Waals surface area contributed by atoms with Gasteiger partial charge in [-0.15, -0.1) is 0 Å². The number of piperidine rings is 2. The minimum absolute atomic E-state index is 0.0602. The zero-order chi connectivity index (χ0) is 23.2. The molecule has 0 bridgehead atoms. The first kappa shape index (κ1) is 23.6. The van der Waals surface area contributed by atoms with Gasteiger partial charge >= 0.3 is 0 Å². The van der Waals surface area contributed by atoms with Crippen LogP contribution in [0.25, 0.3) is 0 Å². The van der Waals surface area contributed by atoms with Crippen molar-refractivity contribution in [1.29, 1.82) is 0 Å². The number of aromatic nitrogens is 2. The minimum atomic E-state index is 0.0602. The van der Waals surface area contributed by atoms with Crippen LogP contribution in [0.1, 0.15) is 53.8 Å². The number of ether oxygens (including phenoxy) is 1. The molecule has 0 spiro atoms. The zero-order valence-electron chi connectivity index (χ0n) is 20.2. The van der Waals surface area contributed by atoms with Crippen LogP contribution >= 0.6 is 0 Å². The van der Waals surface area contributed by atoms with E-state index < -0.39 is 0 Å². The molecule has 1 aromatic carbocycles. The van der Waals surface area contributed by atoms with E-state index in [4.69, 9.17) is 4.74 Å². The summed E-state index contributed by atoms with van der Waals surface area (Å²) in [7, 11) is 1.69. The van der Waals surface area contributed by atoms with Gasteiger partial charge in [-0.05, 0) is 82.8 Å². The fraction of sp³-hybridized carbons (Fsp3) is 0.577. The molecule has 2 aliphatic rings. The van der Waals surface area contributed by atoms with Gasteiger partial charge in [0.1, 0.15) is 0 Å². The maximum Gasteiger partial charge on any atom is 0.254 e. The van der Waals surface area contributed by atoms with Crippen LogP contribution in [0.2, 0.25) is 0 Å². The quantitative estimate of drug-likeness (QED) is 0.649. The van der Waals surface area contributed by atoms with Crippen LogP contribution in [-0.4, -0.2) is 71.6 Å². The van der Waals surface area contributed by atoms with Gasteiger partial charge in [-0.1, -0.05) is 12.5 Å². The van der Waals surface area contributed by atoms with Crippen molar-refractivity contribution in [2.24, 2.45) is 5.92 Å². The van der Waals surface area contributed by atoms with Gasteiger partial charge in [0.15, 0.2) is 0 Å². The molecule has 2 atom stereocenters. The third kappa shape index (κ3) is 6.09. The number of aryl methyl sites for hydroxylation is 2. The fourth-order valence-electron chi connectivity index (χ4n) is 5.37. The van der Waals surface area contributed by atoms with Crippen molar-refractivity contribution >= 4 is 17.5 Å². The highest BCUT2D eigenvalue weighted by atomic mass is 16.5. The van der Waals surface area contributed by atoms with E-state index in [1.807, 2.05) is 49.1 Å². The maximum absolute atomic E-state index is 13.6. The number of rotatable bonds is 8. The van der Waals surface area contributed by atoms with Crippen LogP contribution in [-0.2, 0) is 4.74 Å². The molecule has 3 heterocycles. The second kappa shape index (κ2) is 11.1. The molecule has 0 aliphatic carbocycles. The second-order valence-corrected chi connectivity index (χ2v) is 9.43. The van der Waals surface area contributed by atoms with Crippen molar-refractivity contribution in [2.45, 2.75) is 52.0 Å². The third-order valence-electron chi connectivity index (χ3n) is 6.88. The van der Waals surface area contributed by atoms with Gasteiger partial charge < -0.3 is 19.9 Å². The number of hydrogen-bond acceptors (Lipinski definition) is 6. The largest absolute Gasteiger partial charge is 0.383 e. The standard InChI is InChI=1S/C26H37N5O2/c1-19-16-20(2)28-26(27-19)29-23-10-6-8-21(17-23)25(32)31(14-15-33-3)18-22-9-7-13-30-12-5-4-11-24(22)30/h6,8,10,16-17,22,24H,4-5,7,9,11-15,18H2,1-3H3,(H,27,28,29)/t22-,24+/m0/s1. The number of fused-ring (bicyclic) bond motifs is 1. The summed E-state index contributed by atoms with van der Waals surface area (Å²) in [6, 6.07) is 10.2. The molecule has 1 N–H and O–H groups in total. The molecule has 2 fully saturated rings. The Morgan fingerprint density at radius 1 is 1.12 bits per heavy atom. The molecule has 4 rings (SSSR count). The molecule has 178 valence electrons. The number of carbonyl (C=O) groups is 1. The highest BCUT2D eigenvalue weighted by molar-refractivity contribution is 5.95. The van der Waals surface area contributed by atoms with E-state index >= 15 is 0 Å². The van der Waals surface area contributed by atoms with E-state index in [1.165, 1.54) is 45.2 Å². The molecule has 1 aromatic heterocycles. The molecule has 2 aromatic rings. The Hall–Kier alpha value is -2.51. The molecule has 33 heavy (non-hydrogen) atoms. The Bertz CT molecular complexity index is 928. The van der Waals surface area contributed by atoms with Crippen molar-refractivity contribution in [3.63, 3.8) is 0 Å². The van der Waals surface area contributed by atoms with E-state index in [1.54, 1.807) is 7.11 Å². The first-order valence-corrected chi connectivity index (χ1v) is 12.2. The van der Waals surface area contributed by atoms with Crippen molar-refractivity contribution < 1.29 is 9.53 Å². The van der Waals surface area contributed by atoms with Gasteiger partial charge in [0.25, 0.3) is 5.91 Å². The number of carbonyl (C=O) groups excluding carboxylic acids is 1. The summed E-state index contributed by atoms with van der Waals surface area (Å²) >= 11 is 0. The Morgan fingerprint density at radius 3 is 2.70 bits per heavy atom. The van der Waals surface area contributed by atoms with Crippen LogP contribution in [0.15, 0.2) is 30.3 Å². The molecular formula is C26H37N5O2. The fourth-order valence-corrected chi connectivity index (χ4v) is 5.37. The Labute approximate surface area is 197 Å². The van der Waals surface area contributed by atoms with Crippen molar-refractivity contribution in [3.05, 3.63) is 47.3 Å². The highest BCUT2D eigenvalue weighted by Gasteiger charge is 2.34. The van der Waals surface area contributed by atoms with Gasteiger partial charge in [0.2, 0.25) is 5.95 Å². The van der Waals surface area contributed by atoms with E-state index in [-0.39, 0.29) is 5.91 Å². The predicted molar refractivity (Wildman–Crippen MR) is 131 cm³/mol. The topological polar surface area (TPSA) is 70.6 Å². The first-order valence-electron chi connectivity index (χ1n) is 12.2. The number of methoxy groups -OCH3 is 1. The Balaban J connectivity index is 1.49. The van der Waals surface area contributed by atoms with Gasteiger partial charge in [0.05, 0.1) is 6.61 Å². The highest BCUT2D eigenvalue weighted by Crippen LogP contribution is 2.31. The van der Waals surface area contributed by atoms with Crippen molar-refractivity contribution in [1.82, 2.24) is 19.8 Å². The Morgan fingerprint density at radius 2 is 1.91 bits per heavy atom. The van der Waals surface area contributed by atoms with Crippen LogP contribution in [0, 0.1) is 19.8 Å². The normalized spacial score (nSPS) is 20.8. The molecular weight excluding hydrogens is 414 g/mol. The molecule has 7 heteroatoms. The lowest BCUT2D eigenvalue weighted by Gasteiger charge is -2.45. The van der Waals surface area contributed by atoms with Gasteiger partial charge in [-0.3, -0.25) is 4.79 Å². The molecule has 2 saturated heterocycles. The average Bonchev–Trinajstić information content (AvgIpc) is 2.81. The zero-order valence-corrected chi connectivity index (χ0v) is 20.2. The maximum atomic E-state index is 13.6. The smallest absolute Gasteiger partial charge is 0.254 e. The second-order valence-electron chi connectivity index (χ2n) is 9.43. The predicted octanol–water partition coefficient (Wildman–Crippen LogP) is 4.19. The molecule has 0 unspecified atom stereocenters. The summed E-state index contributed by atoms with van der Waals surface area (Å²) in [4.78, 5) is 27.2. The summed E-state index contributed by atoms with van der Waals surface area (Å²) < 4.78 is 5.35. The van der Waals surface area contributed by atoms with E-state index in [0.717, 1.165) is 23.6 Å². The van der Waals surface area contributed by atoms with Crippen molar-refractivity contribution in [2.75, 3.05) is 45.2 Å². The number of benzene rings is 1. The lowest BCUT2D eigenvalue weighted by molar-refractivity contribution is 0.0315. The molecule has 1 amide bonds.